The van der Waals surface area contributed by atoms with E-state index in [-0.39, 0.29) is 5.43 Å². The largest absolute Gasteiger partial charge is 0.492 e. The molecule has 0 N–H and O–H groups in total. The van der Waals surface area contributed by atoms with Gasteiger partial charge in [-0.1, -0.05) is 81.5 Å². The second-order valence-corrected chi connectivity index (χ2v) is 10.8. The highest BCUT2D eigenvalue weighted by atomic mass is 32.1. The third-order valence-corrected chi connectivity index (χ3v) is 8.55. The van der Waals surface area contributed by atoms with Gasteiger partial charge in [-0.25, -0.2) is 0 Å². The van der Waals surface area contributed by atoms with Gasteiger partial charge >= 0.3 is 0 Å². The molecule has 0 saturated carbocycles. The highest BCUT2D eigenvalue weighted by molar-refractivity contribution is 7.25. The molecule has 0 aliphatic heterocycles. The van der Waals surface area contributed by atoms with Crippen molar-refractivity contribution in [1.82, 2.24) is 0 Å². The van der Waals surface area contributed by atoms with Crippen LogP contribution in [0.5, 0.6) is 5.75 Å². The Hall–Kier alpha value is -3.17. The van der Waals surface area contributed by atoms with Gasteiger partial charge in [0, 0.05) is 31.6 Å². The highest BCUT2D eigenvalue weighted by Crippen LogP contribution is 2.46. The Bertz CT molecular complexity index is 1740. The van der Waals surface area contributed by atoms with Crippen molar-refractivity contribution in [3.63, 3.8) is 0 Å². The number of aryl methyl sites for hydroxylation is 1. The van der Waals surface area contributed by atoms with E-state index >= 15 is 0 Å². The van der Waals surface area contributed by atoms with Crippen molar-refractivity contribution in [2.75, 3.05) is 6.61 Å². The van der Waals surface area contributed by atoms with Gasteiger partial charge in [-0.05, 0) is 53.3 Å². The van der Waals surface area contributed by atoms with Crippen LogP contribution in [0.3, 0.4) is 0 Å². The van der Waals surface area contributed by atoms with Gasteiger partial charge in [0.2, 0.25) is 0 Å². The van der Waals surface area contributed by atoms with E-state index in [1.54, 1.807) is 11.3 Å². The molecule has 0 aliphatic carbocycles. The summed E-state index contributed by atoms with van der Waals surface area (Å²) in [6, 6.07) is 20.9. The van der Waals surface area contributed by atoms with Crippen LogP contribution in [0.1, 0.15) is 51.0 Å². The van der Waals surface area contributed by atoms with Crippen molar-refractivity contribution in [2.45, 2.75) is 52.4 Å². The van der Waals surface area contributed by atoms with Gasteiger partial charge < -0.3 is 4.74 Å². The number of unbranched alkanes of at least 4 members (excludes halogenated alkanes) is 5. The Morgan fingerprint density at radius 2 is 1.49 bits per heavy atom. The molecular weight excluding hydrogens is 448 g/mol. The first-order valence-electron chi connectivity index (χ1n) is 12.9. The van der Waals surface area contributed by atoms with E-state index in [2.05, 4.69) is 50.2 Å². The summed E-state index contributed by atoms with van der Waals surface area (Å²) in [7, 11) is 0. The van der Waals surface area contributed by atoms with Gasteiger partial charge in [0.25, 0.3) is 0 Å². The summed E-state index contributed by atoms with van der Waals surface area (Å²) in [5.74, 6) is 0.945. The molecule has 5 aromatic carbocycles. The van der Waals surface area contributed by atoms with Gasteiger partial charge in [-0.2, -0.15) is 0 Å². The van der Waals surface area contributed by atoms with Crippen molar-refractivity contribution in [1.29, 1.82) is 0 Å². The van der Waals surface area contributed by atoms with Gasteiger partial charge in [0.1, 0.15) is 5.75 Å². The Labute approximate surface area is 209 Å². The molecule has 0 saturated heterocycles. The summed E-state index contributed by atoms with van der Waals surface area (Å²) in [6.07, 6.45) is 7.45. The fourth-order valence-electron chi connectivity index (χ4n) is 5.64. The first kappa shape index (κ1) is 22.3. The zero-order valence-corrected chi connectivity index (χ0v) is 21.3. The molecule has 0 unspecified atom stereocenters. The highest BCUT2D eigenvalue weighted by Gasteiger charge is 2.20. The number of fused-ring (bicyclic) bond motifs is 4. The van der Waals surface area contributed by atoms with E-state index in [1.807, 2.05) is 24.3 Å². The monoisotopic (exact) mass is 478 g/mol. The number of hydrogen-bond acceptors (Lipinski definition) is 3. The van der Waals surface area contributed by atoms with Gasteiger partial charge in [0.15, 0.2) is 5.43 Å². The standard InChI is InChI=1S/C32H30O2S/c1-3-4-5-6-7-10-18-34-26-19-25-21-13-8-9-14-22(21)31(33)24-17-16-23-28-20(2)12-11-15-27(28)35-32(26)30(23)29(24)25/h8-9,11-17,19H,3-7,10,18H2,1-2H3. The maximum absolute atomic E-state index is 13.5. The number of rotatable bonds is 8. The minimum Gasteiger partial charge on any atom is -0.492 e. The molecule has 0 spiro atoms. The van der Waals surface area contributed by atoms with E-state index in [0.717, 1.165) is 50.4 Å². The Balaban J connectivity index is 1.60. The van der Waals surface area contributed by atoms with E-state index in [1.165, 1.54) is 58.5 Å². The summed E-state index contributed by atoms with van der Waals surface area (Å²) in [5.41, 5.74) is 1.38. The fourth-order valence-corrected chi connectivity index (χ4v) is 6.91. The van der Waals surface area contributed by atoms with E-state index in [0.29, 0.717) is 0 Å². The third-order valence-electron chi connectivity index (χ3n) is 7.38. The van der Waals surface area contributed by atoms with Crippen LogP contribution in [0.25, 0.3) is 52.5 Å². The van der Waals surface area contributed by atoms with Gasteiger partial charge in [-0.3, -0.25) is 4.79 Å². The summed E-state index contributed by atoms with van der Waals surface area (Å²) < 4.78 is 8.93. The molecule has 0 bridgehead atoms. The lowest BCUT2D eigenvalue weighted by atomic mass is 9.91. The summed E-state index contributed by atoms with van der Waals surface area (Å²) in [4.78, 5) is 13.5. The molecule has 2 nitrogen and oxygen atoms in total. The molecule has 1 aromatic heterocycles. The molecule has 0 radical (unpaired) electrons. The molecule has 1 heterocycles. The van der Waals surface area contributed by atoms with Crippen LogP contribution < -0.4 is 10.2 Å². The van der Waals surface area contributed by atoms with Crippen LogP contribution in [-0.4, -0.2) is 6.61 Å². The van der Waals surface area contributed by atoms with Crippen LogP contribution in [-0.2, 0) is 0 Å². The molecular formula is C32H30O2S. The Kier molecular flexibility index (Phi) is 5.82. The van der Waals surface area contributed by atoms with Crippen LogP contribution >= 0.6 is 11.3 Å². The number of benzene rings is 5. The fraction of sp³-hybridized carbons (Fsp3) is 0.281. The molecule has 0 atom stereocenters. The predicted octanol–water partition coefficient (Wildman–Crippen LogP) is 9.36. The van der Waals surface area contributed by atoms with E-state index < -0.39 is 0 Å². The lowest BCUT2D eigenvalue weighted by Gasteiger charge is -2.18. The topological polar surface area (TPSA) is 26.3 Å². The Morgan fingerprint density at radius 1 is 0.714 bits per heavy atom. The van der Waals surface area contributed by atoms with Crippen molar-refractivity contribution in [3.8, 4) is 5.75 Å². The summed E-state index contributed by atoms with van der Waals surface area (Å²) >= 11 is 1.79. The van der Waals surface area contributed by atoms with Crippen molar-refractivity contribution in [3.05, 3.63) is 76.5 Å². The van der Waals surface area contributed by atoms with Crippen LogP contribution in [0.4, 0.5) is 0 Å². The molecule has 6 rings (SSSR count). The molecule has 35 heavy (non-hydrogen) atoms. The number of ether oxygens (including phenoxy) is 1. The van der Waals surface area contributed by atoms with Gasteiger partial charge in [0.05, 0.1) is 11.3 Å². The lowest BCUT2D eigenvalue weighted by molar-refractivity contribution is 0.308. The number of hydrogen-bond donors (Lipinski definition) is 0. The second-order valence-electron chi connectivity index (χ2n) is 9.70. The summed E-state index contributed by atoms with van der Waals surface area (Å²) in [6.45, 7) is 5.15. The Morgan fingerprint density at radius 3 is 2.34 bits per heavy atom. The van der Waals surface area contributed by atoms with E-state index in [4.69, 9.17) is 4.74 Å². The average molecular weight is 479 g/mol. The minimum absolute atomic E-state index is 0.118. The second kappa shape index (κ2) is 9.13. The zero-order chi connectivity index (χ0) is 23.9. The van der Waals surface area contributed by atoms with Crippen molar-refractivity contribution in [2.24, 2.45) is 0 Å². The average Bonchev–Trinajstić information content (AvgIpc) is 2.88. The van der Waals surface area contributed by atoms with Crippen LogP contribution in [0.15, 0.2) is 65.5 Å². The first-order chi connectivity index (χ1) is 17.2. The van der Waals surface area contributed by atoms with Gasteiger partial charge in [-0.15, -0.1) is 11.3 Å². The van der Waals surface area contributed by atoms with Crippen molar-refractivity contribution < 1.29 is 4.74 Å². The first-order valence-corrected chi connectivity index (χ1v) is 13.7. The zero-order valence-electron chi connectivity index (χ0n) is 20.4. The molecule has 6 aromatic rings. The van der Waals surface area contributed by atoms with Crippen molar-refractivity contribution >= 4 is 63.8 Å². The smallest absolute Gasteiger partial charge is 0.194 e. The minimum atomic E-state index is 0.118. The van der Waals surface area contributed by atoms with Crippen LogP contribution in [0, 0.1) is 6.92 Å². The molecule has 0 fully saturated rings. The molecule has 0 amide bonds. The molecule has 0 aliphatic rings. The maximum Gasteiger partial charge on any atom is 0.194 e. The predicted molar refractivity (Wildman–Crippen MR) is 153 cm³/mol. The van der Waals surface area contributed by atoms with E-state index in [9.17, 15) is 4.79 Å². The SMILES string of the molecule is CCCCCCCCOc1cc2c3ccccc3c(=O)c3ccc4c5c(C)cccc5sc1c4c32. The molecule has 3 heteroatoms. The third kappa shape index (κ3) is 3.65. The van der Waals surface area contributed by atoms with Crippen LogP contribution in [0.2, 0.25) is 0 Å². The molecule has 176 valence electrons. The lowest BCUT2D eigenvalue weighted by Crippen LogP contribution is -2.04. The quantitative estimate of drug-likeness (QED) is 0.124. The summed E-state index contributed by atoms with van der Waals surface area (Å²) in [5, 5.41) is 8.46. The normalized spacial score (nSPS) is 12.1. The maximum atomic E-state index is 13.5.